The van der Waals surface area contributed by atoms with E-state index in [2.05, 4.69) is 21.4 Å². The van der Waals surface area contributed by atoms with E-state index in [4.69, 9.17) is 9.26 Å². The van der Waals surface area contributed by atoms with Crippen LogP contribution in [0.15, 0.2) is 10.6 Å². The highest BCUT2D eigenvalue weighted by Crippen LogP contribution is 2.40. The summed E-state index contributed by atoms with van der Waals surface area (Å²) in [6.45, 7) is 2.78. The molecule has 0 bridgehead atoms. The molecule has 21 heavy (non-hydrogen) atoms. The molecular weight excluding hydrogens is 270 g/mol. The molecule has 1 aliphatic heterocycles. The lowest BCUT2D eigenvalue weighted by Crippen LogP contribution is -2.49. The van der Waals surface area contributed by atoms with E-state index in [1.54, 1.807) is 0 Å². The highest BCUT2D eigenvalue weighted by atomic mass is 16.5. The van der Waals surface area contributed by atoms with Crippen LogP contribution >= 0.6 is 0 Å². The minimum Gasteiger partial charge on any atom is -0.366 e. The van der Waals surface area contributed by atoms with Gasteiger partial charge in [-0.1, -0.05) is 5.16 Å². The molecule has 2 aliphatic carbocycles. The predicted octanol–water partition coefficient (Wildman–Crippen LogP) is 1.03. The number of hydrogen-bond acceptors (Lipinski definition) is 5. The quantitative estimate of drug-likeness (QED) is 0.877. The highest BCUT2D eigenvalue weighted by molar-refractivity contribution is 5.81. The van der Waals surface area contributed by atoms with Crippen molar-refractivity contribution in [2.45, 2.75) is 50.3 Å². The Morgan fingerprint density at radius 3 is 3.00 bits per heavy atom. The molecule has 1 aromatic heterocycles. The van der Waals surface area contributed by atoms with E-state index in [0.29, 0.717) is 25.1 Å². The van der Waals surface area contributed by atoms with Crippen molar-refractivity contribution >= 4 is 5.91 Å². The Morgan fingerprint density at radius 2 is 2.24 bits per heavy atom. The van der Waals surface area contributed by atoms with Crippen LogP contribution in [0.25, 0.3) is 0 Å². The molecule has 0 radical (unpaired) electrons. The first-order chi connectivity index (χ1) is 10.3. The fraction of sp³-hybridized carbons (Fsp3) is 0.733. The molecule has 1 amide bonds. The summed E-state index contributed by atoms with van der Waals surface area (Å²) in [5.41, 5.74) is 0.958. The number of carbonyl (C=O) groups excluding carboxylic acids is 1. The molecule has 6 heteroatoms. The van der Waals surface area contributed by atoms with E-state index in [9.17, 15) is 4.79 Å². The van der Waals surface area contributed by atoms with Gasteiger partial charge in [-0.3, -0.25) is 9.69 Å². The molecule has 0 spiro atoms. The summed E-state index contributed by atoms with van der Waals surface area (Å²) in [5, 5.41) is 7.15. The molecule has 2 saturated carbocycles. The van der Waals surface area contributed by atoms with Gasteiger partial charge in [0.2, 0.25) is 0 Å². The maximum atomic E-state index is 12.1. The second kappa shape index (κ2) is 5.42. The van der Waals surface area contributed by atoms with Crippen LogP contribution in [-0.2, 0) is 16.1 Å². The normalized spacial score (nSPS) is 26.8. The molecule has 114 valence electrons. The van der Waals surface area contributed by atoms with E-state index in [1.165, 1.54) is 12.8 Å². The SMILES string of the molecule is O=C(NC1CC1)C1CN(Cc2cc(C3CC3)on2)CCO1. The van der Waals surface area contributed by atoms with Gasteiger partial charge in [0.15, 0.2) is 0 Å². The standard InChI is InChI=1S/C15H21N3O3/c19-15(16-11-3-4-11)14-9-18(5-6-20-14)8-12-7-13(21-17-12)10-1-2-10/h7,10-11,14H,1-6,8-9H2,(H,16,19). The van der Waals surface area contributed by atoms with E-state index in [0.717, 1.165) is 37.4 Å². The molecule has 6 nitrogen and oxygen atoms in total. The second-order valence-electron chi connectivity index (χ2n) is 6.37. The first kappa shape index (κ1) is 13.3. The number of ether oxygens (including phenoxy) is 1. The Kier molecular flexibility index (Phi) is 3.43. The number of morpholine rings is 1. The molecule has 3 aliphatic rings. The zero-order valence-electron chi connectivity index (χ0n) is 12.1. The summed E-state index contributed by atoms with van der Waals surface area (Å²) in [6.07, 6.45) is 4.29. The molecule has 0 aromatic carbocycles. The Morgan fingerprint density at radius 1 is 1.38 bits per heavy atom. The highest BCUT2D eigenvalue weighted by Gasteiger charge is 2.32. The average Bonchev–Trinajstić information content (AvgIpc) is 3.41. The minimum atomic E-state index is -0.353. The third kappa shape index (κ3) is 3.27. The van der Waals surface area contributed by atoms with E-state index < -0.39 is 0 Å². The van der Waals surface area contributed by atoms with Crippen molar-refractivity contribution in [3.63, 3.8) is 0 Å². The molecule has 1 unspecified atom stereocenters. The fourth-order valence-electron chi connectivity index (χ4n) is 2.72. The van der Waals surface area contributed by atoms with Crippen molar-refractivity contribution in [3.05, 3.63) is 17.5 Å². The number of nitrogens with zero attached hydrogens (tertiary/aromatic N) is 2. The Bertz CT molecular complexity index is 522. The van der Waals surface area contributed by atoms with E-state index in [-0.39, 0.29) is 12.0 Å². The maximum absolute atomic E-state index is 12.1. The third-order valence-electron chi connectivity index (χ3n) is 4.31. The van der Waals surface area contributed by atoms with Crippen molar-refractivity contribution in [3.8, 4) is 0 Å². The van der Waals surface area contributed by atoms with Gasteiger partial charge in [-0.25, -0.2) is 0 Å². The average molecular weight is 291 g/mol. The molecule has 1 N–H and O–H groups in total. The van der Waals surface area contributed by atoms with Gasteiger partial charge in [0.25, 0.3) is 5.91 Å². The van der Waals surface area contributed by atoms with Gasteiger partial charge >= 0.3 is 0 Å². The topological polar surface area (TPSA) is 67.6 Å². The first-order valence-electron chi connectivity index (χ1n) is 7.88. The molecule has 3 fully saturated rings. The molecule has 1 atom stereocenters. The van der Waals surface area contributed by atoms with Crippen LogP contribution in [0, 0.1) is 0 Å². The lowest BCUT2D eigenvalue weighted by atomic mass is 10.2. The lowest BCUT2D eigenvalue weighted by molar-refractivity contribution is -0.139. The Labute approximate surface area is 123 Å². The zero-order valence-corrected chi connectivity index (χ0v) is 12.1. The number of aromatic nitrogens is 1. The van der Waals surface area contributed by atoms with E-state index in [1.807, 2.05) is 0 Å². The summed E-state index contributed by atoms with van der Waals surface area (Å²) >= 11 is 0. The van der Waals surface area contributed by atoms with Crippen LogP contribution in [0.5, 0.6) is 0 Å². The molecule has 2 heterocycles. The van der Waals surface area contributed by atoms with Crippen molar-refractivity contribution < 1.29 is 14.1 Å². The zero-order chi connectivity index (χ0) is 14.2. The van der Waals surface area contributed by atoms with Crippen LogP contribution in [0.4, 0.5) is 0 Å². The second-order valence-corrected chi connectivity index (χ2v) is 6.37. The number of nitrogens with one attached hydrogen (secondary N) is 1. The number of hydrogen-bond donors (Lipinski definition) is 1. The van der Waals surface area contributed by atoms with Crippen LogP contribution < -0.4 is 5.32 Å². The summed E-state index contributed by atoms with van der Waals surface area (Å²) in [5.74, 6) is 1.63. The number of amides is 1. The summed E-state index contributed by atoms with van der Waals surface area (Å²) in [4.78, 5) is 14.3. The molecule has 1 aromatic rings. The molecular formula is C15H21N3O3. The Hall–Kier alpha value is -1.40. The van der Waals surface area contributed by atoms with Crippen LogP contribution in [0.1, 0.15) is 43.1 Å². The van der Waals surface area contributed by atoms with Crippen LogP contribution in [0.2, 0.25) is 0 Å². The smallest absolute Gasteiger partial charge is 0.250 e. The monoisotopic (exact) mass is 291 g/mol. The van der Waals surface area contributed by atoms with Crippen molar-refractivity contribution in [1.82, 2.24) is 15.4 Å². The van der Waals surface area contributed by atoms with Crippen LogP contribution in [-0.4, -0.2) is 47.8 Å². The first-order valence-corrected chi connectivity index (χ1v) is 7.88. The number of rotatable bonds is 5. The fourth-order valence-corrected chi connectivity index (χ4v) is 2.72. The molecule has 4 rings (SSSR count). The number of carbonyl (C=O) groups is 1. The summed E-state index contributed by atoms with van der Waals surface area (Å²) in [7, 11) is 0. The van der Waals surface area contributed by atoms with Gasteiger partial charge in [0.1, 0.15) is 11.9 Å². The summed E-state index contributed by atoms with van der Waals surface area (Å²) < 4.78 is 11.0. The van der Waals surface area contributed by atoms with Gasteiger partial charge < -0.3 is 14.6 Å². The van der Waals surface area contributed by atoms with Gasteiger partial charge in [-0.05, 0) is 25.7 Å². The lowest BCUT2D eigenvalue weighted by Gasteiger charge is -2.31. The minimum absolute atomic E-state index is 0.0287. The van der Waals surface area contributed by atoms with Crippen molar-refractivity contribution in [1.29, 1.82) is 0 Å². The summed E-state index contributed by atoms with van der Waals surface area (Å²) in [6, 6.07) is 2.44. The molecule has 1 saturated heterocycles. The van der Waals surface area contributed by atoms with Gasteiger partial charge in [0, 0.05) is 37.7 Å². The van der Waals surface area contributed by atoms with Crippen LogP contribution in [0.3, 0.4) is 0 Å². The van der Waals surface area contributed by atoms with Gasteiger partial charge in [0.05, 0.1) is 12.3 Å². The Balaban J connectivity index is 1.32. The predicted molar refractivity (Wildman–Crippen MR) is 74.7 cm³/mol. The van der Waals surface area contributed by atoms with E-state index >= 15 is 0 Å². The van der Waals surface area contributed by atoms with Gasteiger partial charge in [-0.15, -0.1) is 0 Å². The van der Waals surface area contributed by atoms with Crippen molar-refractivity contribution in [2.24, 2.45) is 0 Å². The maximum Gasteiger partial charge on any atom is 0.250 e. The largest absolute Gasteiger partial charge is 0.366 e. The third-order valence-corrected chi connectivity index (χ3v) is 4.31. The van der Waals surface area contributed by atoms with Gasteiger partial charge in [-0.2, -0.15) is 0 Å². The van der Waals surface area contributed by atoms with Crippen molar-refractivity contribution in [2.75, 3.05) is 19.7 Å².